The molecule has 10 heteroatoms. The molecule has 30 aromatic rings. The molecule has 9 heterocycles. The van der Waals surface area contributed by atoms with E-state index in [0.29, 0.717) is 5.82 Å². The third kappa shape index (κ3) is 15.6. The second kappa shape index (κ2) is 36.5. The van der Waals surface area contributed by atoms with Crippen molar-refractivity contribution in [3.63, 3.8) is 0 Å². The Morgan fingerprint density at radius 1 is 0.136 bits per heavy atom. The van der Waals surface area contributed by atoms with Crippen LogP contribution in [0, 0.1) is 0 Å². The van der Waals surface area contributed by atoms with E-state index in [1.165, 1.54) is 169 Å². The Balaban J connectivity index is 0.000000107. The fourth-order valence-corrected chi connectivity index (χ4v) is 25.4. The maximum atomic E-state index is 5.31. The van der Waals surface area contributed by atoms with Crippen molar-refractivity contribution in [1.29, 1.82) is 0 Å². The van der Waals surface area contributed by atoms with E-state index in [-0.39, 0.29) is 0 Å². The van der Waals surface area contributed by atoms with E-state index >= 15 is 0 Å². The Morgan fingerprint density at radius 2 is 0.483 bits per heavy atom. The quantitative estimate of drug-likeness (QED) is 0.113. The van der Waals surface area contributed by atoms with Crippen molar-refractivity contribution in [2.75, 3.05) is 0 Å². The molecule has 0 aliphatic carbocycles. The maximum Gasteiger partial charge on any atom is 0.160 e. The molecular weight excluding hydrogens is 1840 g/mol. The highest BCUT2D eigenvalue weighted by molar-refractivity contribution is 7.27. The van der Waals surface area contributed by atoms with Gasteiger partial charge in [-0.1, -0.05) is 358 Å². The van der Waals surface area contributed by atoms with Crippen LogP contribution in [0.25, 0.3) is 292 Å². The topological polar surface area (TPSA) is 90.2 Å². The van der Waals surface area contributed by atoms with Gasteiger partial charge in [0.05, 0.1) is 39.9 Å². The van der Waals surface area contributed by atoms with Crippen molar-refractivity contribution in [2.45, 2.75) is 0 Å². The molecule has 0 aliphatic heterocycles. The first-order valence-corrected chi connectivity index (χ1v) is 52.0. The summed E-state index contributed by atoms with van der Waals surface area (Å²) in [5.74, 6) is 0.701. The zero-order valence-corrected chi connectivity index (χ0v) is 81.7. The predicted octanol–water partition coefficient (Wildman–Crippen LogP) is 38.3. The van der Waals surface area contributed by atoms with E-state index < -0.39 is 0 Å². The van der Waals surface area contributed by atoms with E-state index in [1.54, 1.807) is 6.20 Å². The molecule has 147 heavy (non-hydrogen) atoms. The number of hydrogen-bond donors (Lipinski definition) is 0. The van der Waals surface area contributed by atoms with E-state index in [9.17, 15) is 0 Å². The first-order chi connectivity index (χ1) is 72.8. The van der Waals surface area contributed by atoms with Crippen molar-refractivity contribution < 1.29 is 0 Å². The van der Waals surface area contributed by atoms with Gasteiger partial charge in [-0.05, 0) is 251 Å². The molecule has 9 aromatic heterocycles. The number of thiophene rings is 3. The van der Waals surface area contributed by atoms with Crippen molar-refractivity contribution in [3.8, 4) is 135 Å². The number of nitrogens with zero attached hydrogens (tertiary/aromatic N) is 7. The van der Waals surface area contributed by atoms with Crippen LogP contribution >= 0.6 is 34.0 Å². The second-order valence-corrected chi connectivity index (χ2v) is 40.8. The highest BCUT2D eigenvalue weighted by atomic mass is 32.1. The van der Waals surface area contributed by atoms with Crippen LogP contribution in [0.2, 0.25) is 0 Å². The van der Waals surface area contributed by atoms with Gasteiger partial charge in [0, 0.05) is 141 Å². The Morgan fingerprint density at radius 3 is 1.05 bits per heavy atom. The Hall–Kier alpha value is -18.6. The second-order valence-electron chi connectivity index (χ2n) is 37.6. The molecule has 0 atom stereocenters. The van der Waals surface area contributed by atoms with E-state index in [0.717, 1.165) is 118 Å². The molecular formula is C137H83N7S3. The zero-order valence-electron chi connectivity index (χ0n) is 79.3. The van der Waals surface area contributed by atoms with Crippen molar-refractivity contribution in [2.24, 2.45) is 0 Å². The first-order valence-electron chi connectivity index (χ1n) is 49.5. The minimum absolute atomic E-state index is 0.701. The summed E-state index contributed by atoms with van der Waals surface area (Å²) in [5, 5.41) is 30.9. The number of pyridine rings is 5. The van der Waals surface area contributed by atoms with Gasteiger partial charge in [-0.3, -0.25) is 15.0 Å². The molecule has 684 valence electrons. The van der Waals surface area contributed by atoms with E-state index in [1.807, 2.05) is 101 Å². The Labute approximate surface area is 858 Å². The summed E-state index contributed by atoms with van der Waals surface area (Å²) < 4.78 is 7.98. The average Bonchev–Trinajstić information content (AvgIpc) is 1.65. The third-order valence-corrected chi connectivity index (χ3v) is 32.5. The standard InChI is InChI=1S/2C46H28N2S.C45H27N3S/c1-2-10-29(11-3-1)33-27-42(31-19-17-30(18-20-31)41-15-8-9-25-47-41)48-43(28-33)32-21-22-35-38-23-24-39-36-13-6-7-16-44(36)49-46(39)45(38)37-14-5-4-12-34(37)40(35)26-32;1-2-9-29(10-3-1)34-24-43(31-18-16-30(17-19-31)33-11-8-22-47-28-33)48-44(25-34)32-20-21-37-39(23-32)35-12-4-5-13-36(35)41-27-46-42(26-40(37)41)38-14-6-7-15-45(38)49-46;1-2-8-30(9-3-1)39-27-40(48-45(47-39)31-16-14-28(15-17-31)29-22-24-46-25-23-29)32-18-19-36-38(26-32)34-11-5-4-10-33(34)35-20-21-42-44(43(35)36)37-12-6-7-13-41(37)49-42/h2*1-28H;1-27H. The van der Waals surface area contributed by atoms with Crippen LogP contribution in [0.4, 0.5) is 0 Å². The molecule has 0 fully saturated rings. The predicted molar refractivity (Wildman–Crippen MR) is 625 cm³/mol. The van der Waals surface area contributed by atoms with E-state index in [4.69, 9.17) is 19.9 Å². The number of benzene rings is 21. The van der Waals surface area contributed by atoms with Gasteiger partial charge in [0.15, 0.2) is 5.82 Å². The zero-order chi connectivity index (χ0) is 96.9. The minimum atomic E-state index is 0.701. The van der Waals surface area contributed by atoms with Crippen LogP contribution in [0.5, 0.6) is 0 Å². The van der Waals surface area contributed by atoms with Gasteiger partial charge in [-0.2, -0.15) is 0 Å². The van der Waals surface area contributed by atoms with Crippen LogP contribution in [-0.2, 0) is 0 Å². The molecule has 0 aliphatic rings. The fourth-order valence-electron chi connectivity index (χ4n) is 21.9. The lowest BCUT2D eigenvalue weighted by Crippen LogP contribution is -1.96. The van der Waals surface area contributed by atoms with Crippen molar-refractivity contribution in [3.05, 3.63) is 504 Å². The SMILES string of the molecule is c1ccc(-c2cc(-c3ccc(-c4ccccn4)cc3)nc(-c3ccc4c(c3)c3ccccc3c3c4ccc4c5ccccc5sc43)c2)cc1.c1ccc(-c2cc(-c3ccc(-c4cccnc4)cc3)nc(-c3ccc4c(c3)c3ccccc3c3cc5sc6ccccc6c5cc43)c2)cc1.c1ccc(-c2cc(-c3ccc4c(c3)c3ccccc3c3ccc5sc6ccccc6c5c34)nc(-c3ccc(-c4ccncc4)cc3)n2)cc1. The minimum Gasteiger partial charge on any atom is -0.265 e. The molecule has 0 radical (unpaired) electrons. The molecule has 21 aromatic carbocycles. The molecule has 0 saturated heterocycles. The summed E-state index contributed by atoms with van der Waals surface area (Å²) in [7, 11) is 0. The summed E-state index contributed by atoms with van der Waals surface area (Å²) in [5.41, 5.74) is 24.2. The third-order valence-electron chi connectivity index (χ3n) is 29.0. The molecule has 0 amide bonds. The normalized spacial score (nSPS) is 11.7. The number of hydrogen-bond acceptors (Lipinski definition) is 10. The Bertz CT molecular complexity index is 10400. The lowest BCUT2D eigenvalue weighted by atomic mass is 9.90. The summed E-state index contributed by atoms with van der Waals surface area (Å²) in [6, 6.07) is 170. The Kier molecular flexibility index (Phi) is 21.4. The van der Waals surface area contributed by atoms with Gasteiger partial charge in [0.2, 0.25) is 0 Å². The average molecular weight is 1920 g/mol. The molecule has 0 unspecified atom stereocenters. The molecule has 0 N–H and O–H groups in total. The smallest absolute Gasteiger partial charge is 0.160 e. The van der Waals surface area contributed by atoms with Gasteiger partial charge in [-0.15, -0.1) is 34.0 Å². The maximum absolute atomic E-state index is 5.31. The van der Waals surface area contributed by atoms with Crippen LogP contribution in [0.3, 0.4) is 0 Å². The molecule has 0 spiro atoms. The molecule has 0 saturated carbocycles. The monoisotopic (exact) mass is 1920 g/mol. The largest absolute Gasteiger partial charge is 0.265 e. The van der Waals surface area contributed by atoms with Crippen LogP contribution < -0.4 is 0 Å². The van der Waals surface area contributed by atoms with Crippen LogP contribution in [-0.4, -0.2) is 34.9 Å². The fraction of sp³-hybridized carbons (Fsp3) is 0. The molecule has 30 rings (SSSR count). The van der Waals surface area contributed by atoms with Crippen LogP contribution in [0.15, 0.2) is 504 Å². The summed E-state index contributed by atoms with van der Waals surface area (Å²) in [4.78, 5) is 33.9. The first kappa shape index (κ1) is 86.3. The van der Waals surface area contributed by atoms with Gasteiger partial charge in [0.1, 0.15) is 0 Å². The highest BCUT2D eigenvalue weighted by Gasteiger charge is 2.24. The molecule has 7 nitrogen and oxygen atoms in total. The lowest BCUT2D eigenvalue weighted by molar-refractivity contribution is 1.18. The van der Waals surface area contributed by atoms with E-state index in [2.05, 4.69) is 446 Å². The number of aromatic nitrogens is 7. The van der Waals surface area contributed by atoms with Gasteiger partial charge in [-0.25, -0.2) is 19.9 Å². The highest BCUT2D eigenvalue weighted by Crippen LogP contribution is 2.51. The molecule has 0 bridgehead atoms. The summed E-state index contributed by atoms with van der Waals surface area (Å²) >= 11 is 5.65. The number of rotatable bonds is 12. The van der Waals surface area contributed by atoms with Gasteiger partial charge in [0.25, 0.3) is 0 Å². The summed E-state index contributed by atoms with van der Waals surface area (Å²) in [6.45, 7) is 0. The van der Waals surface area contributed by atoms with Crippen molar-refractivity contribution >= 4 is 191 Å². The lowest BCUT2D eigenvalue weighted by Gasteiger charge is -2.14. The number of fused-ring (bicyclic) bond motifs is 29. The van der Waals surface area contributed by atoms with Gasteiger partial charge >= 0.3 is 0 Å². The van der Waals surface area contributed by atoms with Crippen molar-refractivity contribution in [1.82, 2.24) is 34.9 Å². The van der Waals surface area contributed by atoms with Crippen LogP contribution in [0.1, 0.15) is 0 Å². The van der Waals surface area contributed by atoms with Gasteiger partial charge < -0.3 is 0 Å². The summed E-state index contributed by atoms with van der Waals surface area (Å²) in [6.07, 6.45) is 9.19.